The standard InChI is InChI=1S/C25H16O6.Ce.H2O/c26-22-15-10-4-6-12-17(15)30-24(28)20(22)19(14-8-2-1-3-9-14)21-23(27)16-11-5-7-13-18(16)31-25(21)29;;/h1-13,19,26-27H;;1H2. The summed E-state index contributed by atoms with van der Waals surface area (Å²) in [5.74, 6) is -1.73. The summed E-state index contributed by atoms with van der Waals surface area (Å²) in [4.78, 5) is 26.0. The average Bonchev–Trinajstić information content (AvgIpc) is 2.78. The van der Waals surface area contributed by atoms with E-state index in [-0.39, 0.29) is 81.0 Å². The van der Waals surface area contributed by atoms with Crippen molar-refractivity contribution in [2.45, 2.75) is 5.92 Å². The van der Waals surface area contributed by atoms with Crippen LogP contribution in [0.4, 0.5) is 0 Å². The van der Waals surface area contributed by atoms with Gasteiger partial charge in [-0.1, -0.05) is 54.6 Å². The second kappa shape index (κ2) is 9.88. The SMILES string of the molecule is O.O=c1oc2ccccc2c(O)c1C(c1ccccc1)c1c(O)c2ccccc2oc1=O.[Ce]. The molecule has 3 aromatic carbocycles. The summed E-state index contributed by atoms with van der Waals surface area (Å²) < 4.78 is 10.9. The fourth-order valence-electron chi connectivity index (χ4n) is 3.93. The van der Waals surface area contributed by atoms with Crippen LogP contribution in [0.3, 0.4) is 0 Å². The zero-order chi connectivity index (χ0) is 21.5. The largest absolute Gasteiger partial charge is 0.507 e. The van der Waals surface area contributed by atoms with Crippen LogP contribution in [-0.2, 0) is 0 Å². The molecule has 0 aliphatic rings. The molecule has 5 aromatic rings. The van der Waals surface area contributed by atoms with Crippen molar-refractivity contribution >= 4 is 21.9 Å². The molecule has 0 saturated heterocycles. The molecule has 33 heavy (non-hydrogen) atoms. The summed E-state index contributed by atoms with van der Waals surface area (Å²) in [6.07, 6.45) is 0. The van der Waals surface area contributed by atoms with Gasteiger partial charge < -0.3 is 24.5 Å². The average molecular weight is 571 g/mol. The van der Waals surface area contributed by atoms with E-state index < -0.39 is 17.2 Å². The van der Waals surface area contributed by atoms with Gasteiger partial charge in [0, 0.05) is 41.7 Å². The van der Waals surface area contributed by atoms with Crippen molar-refractivity contribution in [3.8, 4) is 11.5 Å². The predicted octanol–water partition coefficient (Wildman–Crippen LogP) is 3.67. The van der Waals surface area contributed by atoms with Crippen molar-refractivity contribution in [1.82, 2.24) is 0 Å². The molecule has 5 rings (SSSR count). The van der Waals surface area contributed by atoms with Crippen molar-refractivity contribution in [2.24, 2.45) is 0 Å². The Kier molecular flexibility index (Phi) is 7.38. The van der Waals surface area contributed by atoms with Crippen LogP contribution in [0.15, 0.2) is 97.3 Å². The van der Waals surface area contributed by atoms with E-state index in [4.69, 9.17) is 8.83 Å². The van der Waals surface area contributed by atoms with E-state index in [1.165, 1.54) is 0 Å². The Hall–Kier alpha value is -2.98. The summed E-state index contributed by atoms with van der Waals surface area (Å²) in [6, 6.07) is 21.8. The van der Waals surface area contributed by atoms with Gasteiger partial charge in [-0.2, -0.15) is 0 Å². The first-order chi connectivity index (χ1) is 15.1. The van der Waals surface area contributed by atoms with Gasteiger partial charge in [0.25, 0.3) is 0 Å². The number of rotatable bonds is 3. The molecule has 8 heteroatoms. The van der Waals surface area contributed by atoms with Crippen molar-refractivity contribution in [2.75, 3.05) is 0 Å². The minimum atomic E-state index is -1.11. The maximum absolute atomic E-state index is 13.0. The van der Waals surface area contributed by atoms with Crippen LogP contribution < -0.4 is 11.3 Å². The van der Waals surface area contributed by atoms with Gasteiger partial charge in [-0.05, 0) is 29.8 Å². The van der Waals surface area contributed by atoms with Gasteiger partial charge in [0.15, 0.2) is 0 Å². The van der Waals surface area contributed by atoms with E-state index in [1.807, 2.05) is 0 Å². The summed E-state index contributed by atoms with van der Waals surface area (Å²) in [7, 11) is 0. The summed E-state index contributed by atoms with van der Waals surface area (Å²) in [6.45, 7) is 0. The molecule has 0 atom stereocenters. The van der Waals surface area contributed by atoms with Crippen LogP contribution >= 0.6 is 0 Å². The van der Waals surface area contributed by atoms with Gasteiger partial charge in [-0.25, -0.2) is 9.59 Å². The molecule has 0 radical (unpaired) electrons. The van der Waals surface area contributed by atoms with Gasteiger partial charge in [-0.15, -0.1) is 0 Å². The molecule has 2 heterocycles. The molecule has 7 nitrogen and oxygen atoms in total. The molecular weight excluding hydrogens is 552 g/mol. The fraction of sp³-hybridized carbons (Fsp3) is 0.0400. The van der Waals surface area contributed by atoms with Gasteiger partial charge in [-0.3, -0.25) is 0 Å². The molecular formula is C25H18CeO7. The Morgan fingerprint density at radius 2 is 1.00 bits per heavy atom. The fourth-order valence-corrected chi connectivity index (χ4v) is 3.93. The van der Waals surface area contributed by atoms with Crippen molar-refractivity contribution in [3.05, 3.63) is 116 Å². The third-order valence-corrected chi connectivity index (χ3v) is 5.35. The number of para-hydroxylation sites is 2. The van der Waals surface area contributed by atoms with Gasteiger partial charge in [0.2, 0.25) is 0 Å². The van der Waals surface area contributed by atoms with E-state index in [9.17, 15) is 19.8 Å². The van der Waals surface area contributed by atoms with Gasteiger partial charge in [0.1, 0.15) is 22.7 Å². The van der Waals surface area contributed by atoms with Crippen LogP contribution in [0.5, 0.6) is 11.5 Å². The Morgan fingerprint density at radius 1 is 0.606 bits per heavy atom. The van der Waals surface area contributed by atoms with Crippen molar-refractivity contribution in [3.63, 3.8) is 0 Å². The zero-order valence-corrected chi connectivity index (χ0v) is 20.3. The molecule has 0 unspecified atom stereocenters. The zero-order valence-electron chi connectivity index (χ0n) is 17.1. The second-order valence-corrected chi connectivity index (χ2v) is 7.14. The first kappa shape index (κ1) is 24.7. The molecule has 0 amide bonds. The summed E-state index contributed by atoms with van der Waals surface area (Å²) >= 11 is 0. The molecule has 0 bridgehead atoms. The van der Waals surface area contributed by atoms with E-state index in [2.05, 4.69) is 0 Å². The Labute approximate surface area is 220 Å². The molecule has 0 aliphatic heterocycles. The summed E-state index contributed by atoms with van der Waals surface area (Å²) in [5, 5.41) is 22.7. The smallest absolute Gasteiger partial charge is 0.344 e. The maximum Gasteiger partial charge on any atom is 0.344 e. The van der Waals surface area contributed by atoms with Crippen LogP contribution in [0.2, 0.25) is 0 Å². The Balaban J connectivity index is 0.00000153. The van der Waals surface area contributed by atoms with E-state index in [0.29, 0.717) is 16.3 Å². The van der Waals surface area contributed by atoms with Crippen LogP contribution in [0.25, 0.3) is 21.9 Å². The molecule has 2 aromatic heterocycles. The maximum atomic E-state index is 13.0. The van der Waals surface area contributed by atoms with Crippen LogP contribution in [0.1, 0.15) is 22.6 Å². The summed E-state index contributed by atoms with van der Waals surface area (Å²) in [5.41, 5.74) is -0.969. The van der Waals surface area contributed by atoms with Crippen LogP contribution in [0, 0.1) is 41.7 Å². The minimum Gasteiger partial charge on any atom is -0.507 e. The number of hydrogen-bond acceptors (Lipinski definition) is 6. The van der Waals surface area contributed by atoms with E-state index >= 15 is 0 Å². The Bertz CT molecular complexity index is 1460. The number of fused-ring (bicyclic) bond motifs is 2. The van der Waals surface area contributed by atoms with Crippen molar-refractivity contribution in [1.29, 1.82) is 0 Å². The first-order valence-corrected chi connectivity index (χ1v) is 9.60. The molecule has 0 spiro atoms. The quantitative estimate of drug-likeness (QED) is 0.318. The number of aromatic hydroxyl groups is 2. The Morgan fingerprint density at radius 3 is 1.45 bits per heavy atom. The minimum absolute atomic E-state index is 0. The molecule has 164 valence electrons. The third kappa shape index (κ3) is 4.20. The third-order valence-electron chi connectivity index (χ3n) is 5.35. The topological polar surface area (TPSA) is 132 Å². The first-order valence-electron chi connectivity index (χ1n) is 9.60. The van der Waals surface area contributed by atoms with E-state index in [0.717, 1.165) is 0 Å². The monoisotopic (exact) mass is 570 g/mol. The molecule has 0 fully saturated rings. The molecule has 0 aliphatic carbocycles. The van der Waals surface area contributed by atoms with Crippen molar-refractivity contribution < 1.29 is 66.3 Å². The normalized spacial score (nSPS) is 10.7. The van der Waals surface area contributed by atoms with Crippen LogP contribution in [-0.4, -0.2) is 15.7 Å². The number of benzene rings is 3. The molecule has 4 N–H and O–H groups in total. The van der Waals surface area contributed by atoms with Gasteiger partial charge in [0.05, 0.1) is 27.8 Å². The van der Waals surface area contributed by atoms with Gasteiger partial charge >= 0.3 is 11.3 Å². The molecule has 0 saturated carbocycles. The second-order valence-electron chi connectivity index (χ2n) is 7.14. The number of hydrogen-bond donors (Lipinski definition) is 2. The van der Waals surface area contributed by atoms with E-state index in [1.54, 1.807) is 78.9 Å². The predicted molar refractivity (Wildman–Crippen MR) is 119 cm³/mol.